The molecule has 9 heteroatoms. The van der Waals surface area contributed by atoms with Crippen molar-refractivity contribution in [3.8, 4) is 28.8 Å². The van der Waals surface area contributed by atoms with E-state index in [0.717, 1.165) is 11.5 Å². The first-order valence-corrected chi connectivity index (χ1v) is 10.7. The number of benzene rings is 1. The van der Waals surface area contributed by atoms with E-state index in [4.69, 9.17) is 28.5 Å². The third-order valence-corrected chi connectivity index (χ3v) is 5.18. The third-order valence-electron chi connectivity index (χ3n) is 4.64. The second kappa shape index (κ2) is 10.1. The van der Waals surface area contributed by atoms with Crippen molar-refractivity contribution in [3.05, 3.63) is 82.3 Å². The van der Waals surface area contributed by atoms with E-state index >= 15 is 0 Å². The van der Waals surface area contributed by atoms with Gasteiger partial charge in [-0.15, -0.1) is 0 Å². The standard InChI is InChI=1S/C23H19Cl2N7/c24-16-5-6-17(18(25)11-16)23-31-20(19-3-1-2-8-27-19)12-22(32-23)29-10-9-28-21-7-4-15(13-26)14-30-21/h1-8,11-12,28,30H,9-10,14H2,(H,29,31,32). The Kier molecular flexibility index (Phi) is 6.85. The van der Waals surface area contributed by atoms with Gasteiger partial charge < -0.3 is 16.0 Å². The van der Waals surface area contributed by atoms with Crippen LogP contribution < -0.4 is 16.0 Å². The normalized spacial score (nSPS) is 12.8. The van der Waals surface area contributed by atoms with Crippen LogP contribution in [0, 0.1) is 11.3 Å². The molecule has 0 fully saturated rings. The van der Waals surface area contributed by atoms with E-state index in [1.807, 2.05) is 30.3 Å². The van der Waals surface area contributed by atoms with Gasteiger partial charge >= 0.3 is 0 Å². The van der Waals surface area contributed by atoms with Crippen molar-refractivity contribution in [2.45, 2.75) is 0 Å². The molecule has 1 aromatic carbocycles. The van der Waals surface area contributed by atoms with Gasteiger partial charge in [0.25, 0.3) is 0 Å². The summed E-state index contributed by atoms with van der Waals surface area (Å²) < 4.78 is 0. The van der Waals surface area contributed by atoms with Crippen molar-refractivity contribution < 1.29 is 0 Å². The van der Waals surface area contributed by atoms with Gasteiger partial charge in [-0.3, -0.25) is 4.98 Å². The molecule has 0 bridgehead atoms. The number of anilines is 1. The van der Waals surface area contributed by atoms with E-state index in [1.54, 1.807) is 30.5 Å². The molecule has 3 aromatic rings. The fraction of sp³-hybridized carbons (Fsp3) is 0.130. The smallest absolute Gasteiger partial charge is 0.163 e. The zero-order valence-electron chi connectivity index (χ0n) is 16.9. The van der Waals surface area contributed by atoms with Crippen LogP contribution in [0.5, 0.6) is 0 Å². The summed E-state index contributed by atoms with van der Waals surface area (Å²) in [6.45, 7) is 1.78. The average Bonchev–Trinajstić information content (AvgIpc) is 2.82. The van der Waals surface area contributed by atoms with Crippen molar-refractivity contribution >= 4 is 29.0 Å². The van der Waals surface area contributed by atoms with Gasteiger partial charge in [0, 0.05) is 41.5 Å². The molecule has 3 heterocycles. The second-order valence-corrected chi connectivity index (χ2v) is 7.74. The minimum absolute atomic E-state index is 0.475. The first-order valence-electron chi connectivity index (χ1n) is 9.91. The minimum Gasteiger partial charge on any atom is -0.370 e. The number of nitrogens with zero attached hydrogens (tertiary/aromatic N) is 4. The van der Waals surface area contributed by atoms with E-state index in [9.17, 15) is 0 Å². The van der Waals surface area contributed by atoms with E-state index in [2.05, 4.69) is 37.0 Å². The highest BCUT2D eigenvalue weighted by Gasteiger charge is 2.13. The van der Waals surface area contributed by atoms with E-state index < -0.39 is 0 Å². The van der Waals surface area contributed by atoms with Crippen LogP contribution in [0.3, 0.4) is 0 Å². The number of pyridine rings is 1. The van der Waals surface area contributed by atoms with Gasteiger partial charge in [-0.1, -0.05) is 29.3 Å². The number of nitriles is 1. The first-order chi connectivity index (χ1) is 15.6. The third kappa shape index (κ3) is 5.35. The lowest BCUT2D eigenvalue weighted by Crippen LogP contribution is -2.32. The largest absolute Gasteiger partial charge is 0.370 e. The fourth-order valence-electron chi connectivity index (χ4n) is 3.05. The number of allylic oxidation sites excluding steroid dienone is 2. The lowest BCUT2D eigenvalue weighted by atomic mass is 10.2. The van der Waals surface area contributed by atoms with Gasteiger partial charge in [-0.2, -0.15) is 5.26 Å². The molecule has 1 aliphatic heterocycles. The van der Waals surface area contributed by atoms with Gasteiger partial charge in [-0.25, -0.2) is 9.97 Å². The van der Waals surface area contributed by atoms with Gasteiger partial charge in [-0.05, 0) is 42.5 Å². The first kappa shape index (κ1) is 21.6. The molecule has 0 unspecified atom stereocenters. The summed E-state index contributed by atoms with van der Waals surface area (Å²) in [4.78, 5) is 13.7. The van der Waals surface area contributed by atoms with Crippen molar-refractivity contribution in [2.75, 3.05) is 25.0 Å². The number of hydrogen-bond acceptors (Lipinski definition) is 7. The maximum absolute atomic E-state index is 8.91. The minimum atomic E-state index is 0.475. The van der Waals surface area contributed by atoms with E-state index in [1.165, 1.54) is 0 Å². The highest BCUT2D eigenvalue weighted by molar-refractivity contribution is 6.36. The predicted octanol–water partition coefficient (Wildman–Crippen LogP) is 4.41. The molecule has 0 atom stereocenters. The molecule has 2 aromatic heterocycles. The Balaban J connectivity index is 1.53. The Hall–Kier alpha value is -3.60. The van der Waals surface area contributed by atoms with Gasteiger partial charge in [0.2, 0.25) is 0 Å². The van der Waals surface area contributed by atoms with Gasteiger partial charge in [0.05, 0.1) is 34.8 Å². The maximum Gasteiger partial charge on any atom is 0.163 e. The lowest BCUT2D eigenvalue weighted by molar-refractivity contribution is 0.711. The summed E-state index contributed by atoms with van der Waals surface area (Å²) in [6, 6.07) is 14.9. The molecule has 7 nitrogen and oxygen atoms in total. The Labute approximate surface area is 195 Å². The predicted molar refractivity (Wildman–Crippen MR) is 127 cm³/mol. The molecule has 32 heavy (non-hydrogen) atoms. The van der Waals surface area contributed by atoms with Crippen molar-refractivity contribution in [2.24, 2.45) is 0 Å². The Morgan fingerprint density at radius 2 is 1.88 bits per heavy atom. The molecule has 1 aliphatic rings. The molecule has 3 N–H and O–H groups in total. The van der Waals surface area contributed by atoms with Crippen LogP contribution in [0.2, 0.25) is 10.0 Å². The van der Waals surface area contributed by atoms with Crippen LogP contribution >= 0.6 is 23.2 Å². The summed E-state index contributed by atoms with van der Waals surface area (Å²) >= 11 is 12.4. The molecule has 160 valence electrons. The summed E-state index contributed by atoms with van der Waals surface area (Å²) in [5.74, 6) is 2.01. The van der Waals surface area contributed by atoms with Crippen LogP contribution in [-0.2, 0) is 0 Å². The Morgan fingerprint density at radius 1 is 1.00 bits per heavy atom. The van der Waals surface area contributed by atoms with Crippen LogP contribution in [0.1, 0.15) is 0 Å². The summed E-state index contributed by atoms with van der Waals surface area (Å²) in [5, 5.41) is 19.7. The molecular weight excluding hydrogens is 445 g/mol. The number of nitrogens with one attached hydrogen (secondary N) is 3. The van der Waals surface area contributed by atoms with Crippen molar-refractivity contribution in [1.29, 1.82) is 5.26 Å². The van der Waals surface area contributed by atoms with E-state index in [0.29, 0.717) is 58.2 Å². The molecule has 0 saturated heterocycles. The fourth-order valence-corrected chi connectivity index (χ4v) is 3.55. The van der Waals surface area contributed by atoms with Gasteiger partial charge in [0.1, 0.15) is 5.82 Å². The highest BCUT2D eigenvalue weighted by atomic mass is 35.5. The SMILES string of the molecule is N#CC1=CC=C(NCCNc2cc(-c3ccccn3)nc(-c3ccc(Cl)cc3Cl)n2)NC1. The number of rotatable bonds is 7. The van der Waals surface area contributed by atoms with Gasteiger partial charge in [0.15, 0.2) is 5.82 Å². The molecular formula is C23H19Cl2N7. The van der Waals surface area contributed by atoms with Crippen LogP contribution in [0.15, 0.2) is 72.2 Å². The number of aromatic nitrogens is 3. The molecule has 0 amide bonds. The number of halogens is 2. The zero-order valence-corrected chi connectivity index (χ0v) is 18.5. The maximum atomic E-state index is 8.91. The van der Waals surface area contributed by atoms with E-state index in [-0.39, 0.29) is 0 Å². The second-order valence-electron chi connectivity index (χ2n) is 6.89. The lowest BCUT2D eigenvalue weighted by Gasteiger charge is -2.16. The van der Waals surface area contributed by atoms with Crippen molar-refractivity contribution in [3.63, 3.8) is 0 Å². The summed E-state index contributed by atoms with van der Waals surface area (Å²) in [6.07, 6.45) is 5.38. The van der Waals surface area contributed by atoms with Crippen molar-refractivity contribution in [1.82, 2.24) is 25.6 Å². The molecule has 0 spiro atoms. The molecule has 0 radical (unpaired) electrons. The molecule has 4 rings (SSSR count). The number of hydrogen-bond donors (Lipinski definition) is 3. The zero-order chi connectivity index (χ0) is 22.3. The molecule has 0 aliphatic carbocycles. The van der Waals surface area contributed by atoms with Crippen LogP contribution in [0.4, 0.5) is 5.82 Å². The Bertz CT molecular complexity index is 1220. The number of dihydropyridines is 1. The Morgan fingerprint density at radius 3 is 2.59 bits per heavy atom. The average molecular weight is 464 g/mol. The van der Waals surface area contributed by atoms with Crippen LogP contribution in [-0.4, -0.2) is 34.6 Å². The monoisotopic (exact) mass is 463 g/mol. The highest BCUT2D eigenvalue weighted by Crippen LogP contribution is 2.30. The topological polar surface area (TPSA) is 98.5 Å². The molecule has 0 saturated carbocycles. The van der Waals surface area contributed by atoms with Crippen LogP contribution in [0.25, 0.3) is 22.8 Å². The quantitative estimate of drug-likeness (QED) is 0.446. The summed E-state index contributed by atoms with van der Waals surface area (Å²) in [7, 11) is 0. The summed E-state index contributed by atoms with van der Waals surface area (Å²) in [5.41, 5.74) is 2.80.